The standard InChI is InChI=1S/C24H16NO.C17H12N.Ir/c1-2-7-17(8-3-1)15-18-13-14-25-22(16-18)21-11-6-10-20-19-9-4-5-12-23(19)26-24(20)21;1-2-7-14(8-3-1)15-9-6-10-16(13-15)17-11-4-5-12-18-17;/h1-10,12-14,16H,15H2;1-9,11-13H;/q2*-1;/i15D2;;. The molecule has 3 aromatic heterocycles. The molecule has 0 spiro atoms. The van der Waals surface area contributed by atoms with Crippen molar-refractivity contribution in [3.05, 3.63) is 181 Å². The fourth-order valence-corrected chi connectivity index (χ4v) is 5.16. The van der Waals surface area contributed by atoms with Crippen LogP contribution in [0.4, 0.5) is 0 Å². The predicted molar refractivity (Wildman–Crippen MR) is 179 cm³/mol. The zero-order chi connectivity index (χ0) is 31.3. The van der Waals surface area contributed by atoms with Gasteiger partial charge in [-0.05, 0) is 52.7 Å². The zero-order valence-electron chi connectivity index (χ0n) is 26.1. The van der Waals surface area contributed by atoms with E-state index in [0.29, 0.717) is 22.4 Å². The monoisotopic (exact) mass is 759 g/mol. The van der Waals surface area contributed by atoms with Crippen LogP contribution in [0, 0.1) is 12.1 Å². The molecule has 0 saturated carbocycles. The van der Waals surface area contributed by atoms with E-state index in [4.69, 9.17) is 7.16 Å². The number of rotatable bonds is 5. The van der Waals surface area contributed by atoms with Crippen LogP contribution in [0.25, 0.3) is 55.6 Å². The summed E-state index contributed by atoms with van der Waals surface area (Å²) in [7, 11) is 0. The first-order chi connectivity index (χ1) is 22.6. The second-order valence-corrected chi connectivity index (χ2v) is 10.2. The van der Waals surface area contributed by atoms with E-state index in [2.05, 4.69) is 46.4 Å². The number of nitrogens with zero attached hydrogens (tertiary/aromatic N) is 2. The SMILES string of the molecule is [2H]C([2H])(c1ccccc1)c1ccnc(-c2[c-]ccc3c2oc2ccccc23)c1.[Ir].[c-]1ccc(-c2ccccc2)cc1-c1ccccn1. The van der Waals surface area contributed by atoms with Gasteiger partial charge in [0.15, 0.2) is 0 Å². The van der Waals surface area contributed by atoms with Crippen LogP contribution in [0.1, 0.15) is 13.9 Å². The van der Waals surface area contributed by atoms with Crippen LogP contribution >= 0.6 is 0 Å². The normalized spacial score (nSPS) is 11.6. The van der Waals surface area contributed by atoms with Crippen LogP contribution < -0.4 is 0 Å². The van der Waals surface area contributed by atoms with Crippen molar-refractivity contribution in [3.8, 4) is 33.6 Å². The molecule has 5 aromatic carbocycles. The molecule has 0 aliphatic carbocycles. The third-order valence-corrected chi connectivity index (χ3v) is 7.27. The van der Waals surface area contributed by atoms with E-state index in [1.807, 2.05) is 97.1 Å². The molecule has 0 saturated heterocycles. The predicted octanol–water partition coefficient (Wildman–Crippen LogP) is 10.3. The van der Waals surface area contributed by atoms with Crippen molar-refractivity contribution >= 4 is 21.9 Å². The molecule has 0 bridgehead atoms. The number of hydrogen-bond acceptors (Lipinski definition) is 3. The summed E-state index contributed by atoms with van der Waals surface area (Å²) in [5.41, 5.74) is 8.44. The van der Waals surface area contributed by atoms with Gasteiger partial charge in [-0.25, -0.2) is 0 Å². The maximum Gasteiger partial charge on any atom is 0.120 e. The largest absolute Gasteiger partial charge is 0.501 e. The summed E-state index contributed by atoms with van der Waals surface area (Å²) in [5, 5.41) is 2.05. The summed E-state index contributed by atoms with van der Waals surface area (Å²) in [5.74, 6) is 0. The number of furan rings is 1. The van der Waals surface area contributed by atoms with Gasteiger partial charge in [0.05, 0.1) is 5.58 Å². The number of fused-ring (bicyclic) bond motifs is 3. The van der Waals surface area contributed by atoms with Crippen LogP contribution in [0.15, 0.2) is 162 Å². The molecular weight excluding hydrogens is 729 g/mol. The van der Waals surface area contributed by atoms with Crippen molar-refractivity contribution in [3.63, 3.8) is 0 Å². The smallest absolute Gasteiger partial charge is 0.120 e. The van der Waals surface area contributed by atoms with Crippen molar-refractivity contribution in [2.75, 3.05) is 0 Å². The Morgan fingerprint density at radius 1 is 0.578 bits per heavy atom. The molecule has 0 aliphatic heterocycles. The van der Waals surface area contributed by atoms with E-state index in [0.717, 1.165) is 33.2 Å². The van der Waals surface area contributed by atoms with Gasteiger partial charge in [-0.1, -0.05) is 108 Å². The summed E-state index contributed by atoms with van der Waals surface area (Å²) in [6, 6.07) is 53.3. The van der Waals surface area contributed by atoms with E-state index in [1.165, 1.54) is 11.1 Å². The Labute approximate surface area is 279 Å². The van der Waals surface area contributed by atoms with E-state index in [9.17, 15) is 0 Å². The van der Waals surface area contributed by atoms with E-state index < -0.39 is 6.37 Å². The summed E-state index contributed by atoms with van der Waals surface area (Å²) in [4.78, 5) is 8.83. The van der Waals surface area contributed by atoms with E-state index in [1.54, 1.807) is 36.7 Å². The number of pyridine rings is 2. The number of aromatic nitrogens is 2. The molecule has 0 amide bonds. The molecule has 0 fully saturated rings. The second kappa shape index (κ2) is 14.1. The average molecular weight is 759 g/mol. The summed E-state index contributed by atoms with van der Waals surface area (Å²) >= 11 is 0. The minimum absolute atomic E-state index is 0. The zero-order valence-corrected chi connectivity index (χ0v) is 26.5. The first-order valence-corrected chi connectivity index (χ1v) is 14.4. The van der Waals surface area contributed by atoms with Crippen LogP contribution in [-0.4, -0.2) is 9.97 Å². The molecule has 8 aromatic rings. The van der Waals surface area contributed by atoms with E-state index >= 15 is 0 Å². The minimum atomic E-state index is -1.62. The Bertz CT molecular complexity index is 2180. The molecule has 0 unspecified atom stereocenters. The Hall–Kier alpha value is -5.15. The second-order valence-electron chi connectivity index (χ2n) is 10.2. The molecule has 0 atom stereocenters. The molecule has 0 N–H and O–H groups in total. The van der Waals surface area contributed by atoms with Gasteiger partial charge in [-0.3, -0.25) is 0 Å². The topological polar surface area (TPSA) is 38.9 Å². The number of hydrogen-bond donors (Lipinski definition) is 0. The van der Waals surface area contributed by atoms with Gasteiger partial charge in [0.1, 0.15) is 5.58 Å². The Balaban J connectivity index is 0.000000176. The summed E-state index contributed by atoms with van der Waals surface area (Å²) < 4.78 is 23.3. The third kappa shape index (κ3) is 6.84. The van der Waals surface area contributed by atoms with Crippen LogP contribution in [0.2, 0.25) is 0 Å². The number of para-hydroxylation sites is 1. The first-order valence-electron chi connectivity index (χ1n) is 15.4. The van der Waals surface area contributed by atoms with Gasteiger partial charge in [-0.15, -0.1) is 53.6 Å². The van der Waals surface area contributed by atoms with Gasteiger partial charge >= 0.3 is 0 Å². The molecule has 4 heteroatoms. The quantitative estimate of drug-likeness (QED) is 0.164. The molecule has 3 nitrogen and oxygen atoms in total. The Morgan fingerprint density at radius 2 is 1.31 bits per heavy atom. The third-order valence-electron chi connectivity index (χ3n) is 7.27. The van der Waals surface area contributed by atoms with Crippen molar-refractivity contribution in [1.82, 2.24) is 9.97 Å². The van der Waals surface area contributed by atoms with Gasteiger partial charge < -0.3 is 14.4 Å². The van der Waals surface area contributed by atoms with Crippen molar-refractivity contribution in [2.24, 2.45) is 0 Å². The summed E-state index contributed by atoms with van der Waals surface area (Å²) in [6.07, 6.45) is 1.82. The van der Waals surface area contributed by atoms with Crippen LogP contribution in [0.3, 0.4) is 0 Å². The van der Waals surface area contributed by atoms with Gasteiger partial charge in [0, 0.05) is 40.6 Å². The van der Waals surface area contributed by atoms with Crippen molar-refractivity contribution < 1.29 is 27.3 Å². The number of benzene rings is 5. The maximum absolute atomic E-state index is 8.62. The van der Waals surface area contributed by atoms with Crippen molar-refractivity contribution in [1.29, 1.82) is 0 Å². The van der Waals surface area contributed by atoms with Gasteiger partial charge in [0.2, 0.25) is 0 Å². The molecule has 45 heavy (non-hydrogen) atoms. The Kier molecular flexibility index (Phi) is 8.58. The molecule has 0 aliphatic rings. The molecule has 219 valence electrons. The summed E-state index contributed by atoms with van der Waals surface area (Å²) in [6.45, 7) is 0. The molecule has 3 heterocycles. The van der Waals surface area contributed by atoms with Crippen LogP contribution in [-0.2, 0) is 26.5 Å². The van der Waals surface area contributed by atoms with Gasteiger partial charge in [-0.2, -0.15) is 0 Å². The minimum Gasteiger partial charge on any atom is -0.501 e. The van der Waals surface area contributed by atoms with Crippen molar-refractivity contribution in [2.45, 2.75) is 6.37 Å². The maximum atomic E-state index is 8.62. The Morgan fingerprint density at radius 3 is 2.13 bits per heavy atom. The van der Waals surface area contributed by atoms with Gasteiger partial charge in [0.25, 0.3) is 0 Å². The molecule has 8 rings (SSSR count). The molecular formula is C41H28IrN2O-2. The average Bonchev–Trinajstić information content (AvgIpc) is 3.52. The van der Waals surface area contributed by atoms with E-state index in [-0.39, 0.29) is 20.1 Å². The fourth-order valence-electron chi connectivity index (χ4n) is 5.16. The fraction of sp³-hybridized carbons (Fsp3) is 0.0244. The molecule has 1 radical (unpaired) electrons. The first kappa shape index (κ1) is 27.4. The van der Waals surface area contributed by atoms with Crippen LogP contribution in [0.5, 0.6) is 0 Å².